The Bertz CT molecular complexity index is 724. The van der Waals surface area contributed by atoms with Crippen LogP contribution in [0.5, 0.6) is 5.75 Å². The lowest BCUT2D eigenvalue weighted by molar-refractivity contribution is -0.387. The maximum atomic E-state index is 11.1. The molecule has 0 aliphatic heterocycles. The number of halogens is 1. The van der Waals surface area contributed by atoms with E-state index in [1.165, 1.54) is 19.2 Å². The zero-order chi connectivity index (χ0) is 16.1. The van der Waals surface area contributed by atoms with Crippen molar-refractivity contribution in [3.05, 3.63) is 51.5 Å². The van der Waals surface area contributed by atoms with Crippen molar-refractivity contribution >= 4 is 41.1 Å². The first kappa shape index (κ1) is 16.1. The van der Waals surface area contributed by atoms with Gasteiger partial charge in [-0.3, -0.25) is 14.9 Å². The summed E-state index contributed by atoms with van der Waals surface area (Å²) in [6, 6.07) is 9.37. The van der Waals surface area contributed by atoms with E-state index in [2.05, 4.69) is 5.32 Å². The first-order valence-electron chi connectivity index (χ1n) is 6.05. The fourth-order valence-corrected chi connectivity index (χ4v) is 2.94. The van der Waals surface area contributed by atoms with E-state index in [-0.39, 0.29) is 5.69 Å². The van der Waals surface area contributed by atoms with E-state index in [1.54, 1.807) is 24.3 Å². The summed E-state index contributed by atoms with van der Waals surface area (Å²) in [6.45, 7) is 0. The zero-order valence-corrected chi connectivity index (χ0v) is 13.0. The normalized spacial score (nSPS) is 10.1. The number of anilines is 1. The smallest absolute Gasteiger partial charge is 0.283 e. The predicted molar refractivity (Wildman–Crippen MR) is 84.9 cm³/mol. The van der Waals surface area contributed by atoms with Crippen molar-refractivity contribution in [1.29, 1.82) is 0 Å². The van der Waals surface area contributed by atoms with Gasteiger partial charge in [0, 0.05) is 22.1 Å². The van der Waals surface area contributed by atoms with Gasteiger partial charge >= 0.3 is 0 Å². The van der Waals surface area contributed by atoms with Crippen LogP contribution < -0.4 is 10.1 Å². The molecule has 0 fully saturated rings. The second kappa shape index (κ2) is 7.15. The van der Waals surface area contributed by atoms with E-state index in [0.29, 0.717) is 32.7 Å². The number of ether oxygens (including phenoxy) is 1. The van der Waals surface area contributed by atoms with E-state index in [4.69, 9.17) is 16.3 Å². The topological polar surface area (TPSA) is 81.5 Å². The monoisotopic (exact) mass is 338 g/mol. The molecule has 2 aromatic carbocycles. The zero-order valence-electron chi connectivity index (χ0n) is 11.4. The molecule has 1 amide bonds. The van der Waals surface area contributed by atoms with Gasteiger partial charge in [0.1, 0.15) is 5.75 Å². The molecular weight excluding hydrogens is 328 g/mol. The van der Waals surface area contributed by atoms with Crippen molar-refractivity contribution in [3.8, 4) is 5.75 Å². The number of hydrogen-bond acceptors (Lipinski definition) is 5. The quantitative estimate of drug-likeness (QED) is 0.489. The number of nitrogens with zero attached hydrogens (tertiary/aromatic N) is 1. The molecule has 0 saturated heterocycles. The van der Waals surface area contributed by atoms with Crippen LogP contribution in [0.1, 0.15) is 0 Å². The van der Waals surface area contributed by atoms with Crippen LogP contribution in [0, 0.1) is 10.1 Å². The minimum Gasteiger partial charge on any atom is -0.497 e. The largest absolute Gasteiger partial charge is 0.497 e. The Labute approximate surface area is 135 Å². The Morgan fingerprint density at radius 3 is 2.68 bits per heavy atom. The van der Waals surface area contributed by atoms with Crippen LogP contribution in [-0.2, 0) is 4.79 Å². The van der Waals surface area contributed by atoms with Crippen LogP contribution in [0.2, 0.25) is 5.02 Å². The van der Waals surface area contributed by atoms with E-state index in [1.807, 2.05) is 0 Å². The minimum absolute atomic E-state index is 0.0437. The summed E-state index contributed by atoms with van der Waals surface area (Å²) in [6.07, 6.45) is 0.524. The maximum absolute atomic E-state index is 11.1. The van der Waals surface area contributed by atoms with Crippen molar-refractivity contribution in [2.45, 2.75) is 9.79 Å². The van der Waals surface area contributed by atoms with Crippen molar-refractivity contribution in [2.75, 3.05) is 12.4 Å². The fraction of sp³-hybridized carbons (Fsp3) is 0.0714. The number of amides is 1. The van der Waals surface area contributed by atoms with Gasteiger partial charge in [0.05, 0.1) is 22.6 Å². The molecule has 2 aromatic rings. The molecule has 0 unspecified atom stereocenters. The summed E-state index contributed by atoms with van der Waals surface area (Å²) in [4.78, 5) is 22.4. The van der Waals surface area contributed by atoms with E-state index < -0.39 is 4.92 Å². The summed E-state index contributed by atoms with van der Waals surface area (Å²) in [7, 11) is 1.48. The number of hydrogen-bond donors (Lipinski definition) is 1. The van der Waals surface area contributed by atoms with Crippen molar-refractivity contribution < 1.29 is 14.5 Å². The molecule has 22 heavy (non-hydrogen) atoms. The molecule has 2 rings (SSSR count). The van der Waals surface area contributed by atoms with Gasteiger partial charge in [-0.15, -0.1) is 0 Å². The van der Waals surface area contributed by atoms with Gasteiger partial charge in [0.25, 0.3) is 5.69 Å². The molecule has 0 bridgehead atoms. The van der Waals surface area contributed by atoms with Gasteiger partial charge in [-0.2, -0.15) is 0 Å². The molecular formula is C14H11ClN2O4S. The number of nitrogens with one attached hydrogen (secondary N) is 1. The number of rotatable bonds is 6. The van der Waals surface area contributed by atoms with Crippen LogP contribution >= 0.6 is 23.4 Å². The van der Waals surface area contributed by atoms with Gasteiger partial charge in [0.15, 0.2) is 0 Å². The first-order valence-corrected chi connectivity index (χ1v) is 7.24. The Hall–Kier alpha value is -2.25. The molecule has 114 valence electrons. The highest BCUT2D eigenvalue weighted by Gasteiger charge is 2.17. The molecule has 0 spiro atoms. The lowest BCUT2D eigenvalue weighted by Gasteiger charge is -2.10. The average Bonchev–Trinajstić information content (AvgIpc) is 2.50. The van der Waals surface area contributed by atoms with Gasteiger partial charge in [0.2, 0.25) is 6.41 Å². The second-order valence-electron chi connectivity index (χ2n) is 4.10. The number of nitro benzene ring substituents is 1. The maximum Gasteiger partial charge on any atom is 0.283 e. The molecule has 0 aromatic heterocycles. The molecule has 0 aliphatic carbocycles. The van der Waals surface area contributed by atoms with Crippen molar-refractivity contribution in [1.82, 2.24) is 0 Å². The molecule has 0 heterocycles. The minimum atomic E-state index is -0.468. The second-order valence-corrected chi connectivity index (χ2v) is 5.62. The average molecular weight is 339 g/mol. The number of benzene rings is 2. The molecule has 0 saturated carbocycles. The highest BCUT2D eigenvalue weighted by molar-refractivity contribution is 7.99. The van der Waals surface area contributed by atoms with Gasteiger partial charge < -0.3 is 10.1 Å². The van der Waals surface area contributed by atoms with Crippen LogP contribution in [0.15, 0.2) is 46.2 Å². The summed E-state index contributed by atoms with van der Waals surface area (Å²) < 4.78 is 5.10. The molecule has 0 aliphatic rings. The molecule has 0 atom stereocenters. The Morgan fingerprint density at radius 1 is 1.27 bits per heavy atom. The van der Waals surface area contributed by atoms with Crippen LogP contribution in [-0.4, -0.2) is 18.4 Å². The molecule has 6 nitrogen and oxygen atoms in total. The third kappa shape index (κ3) is 3.69. The Morgan fingerprint density at radius 2 is 2.05 bits per heavy atom. The summed E-state index contributed by atoms with van der Waals surface area (Å²) in [5.74, 6) is 0.506. The summed E-state index contributed by atoms with van der Waals surface area (Å²) in [5, 5.41) is 14.1. The lowest BCUT2D eigenvalue weighted by Crippen LogP contribution is -1.96. The Balaban J connectivity index is 2.45. The molecule has 1 N–H and O–H groups in total. The third-order valence-electron chi connectivity index (χ3n) is 2.74. The molecule has 8 heteroatoms. The number of nitro groups is 1. The van der Waals surface area contributed by atoms with E-state index in [0.717, 1.165) is 11.8 Å². The standard InChI is InChI=1S/C14H11ClN2O4S/c1-21-10-3-4-12(17(19)20)14(7-10)22-13-5-2-9(15)6-11(13)16-8-18/h2-8H,1H3,(H,16,18). The number of carbonyl (C=O) groups excluding carboxylic acids is 1. The fourth-order valence-electron chi connectivity index (χ4n) is 1.74. The van der Waals surface area contributed by atoms with Gasteiger partial charge in [-0.25, -0.2) is 0 Å². The SMILES string of the molecule is COc1ccc([N+](=O)[O-])c(Sc2ccc(Cl)cc2NC=O)c1. The highest BCUT2D eigenvalue weighted by Crippen LogP contribution is 2.40. The highest BCUT2D eigenvalue weighted by atomic mass is 35.5. The van der Waals surface area contributed by atoms with Crippen LogP contribution in [0.25, 0.3) is 0 Å². The Kier molecular flexibility index (Phi) is 5.24. The van der Waals surface area contributed by atoms with Crippen LogP contribution in [0.3, 0.4) is 0 Å². The molecule has 0 radical (unpaired) electrons. The van der Waals surface area contributed by atoms with Crippen molar-refractivity contribution in [2.24, 2.45) is 0 Å². The van der Waals surface area contributed by atoms with Crippen LogP contribution in [0.4, 0.5) is 11.4 Å². The lowest BCUT2D eigenvalue weighted by atomic mass is 10.3. The third-order valence-corrected chi connectivity index (χ3v) is 4.10. The van der Waals surface area contributed by atoms with E-state index in [9.17, 15) is 14.9 Å². The van der Waals surface area contributed by atoms with Gasteiger partial charge in [-0.1, -0.05) is 23.4 Å². The summed E-state index contributed by atoms with van der Waals surface area (Å²) >= 11 is 7.04. The number of methoxy groups -OCH3 is 1. The number of carbonyl (C=O) groups is 1. The van der Waals surface area contributed by atoms with E-state index >= 15 is 0 Å². The summed E-state index contributed by atoms with van der Waals surface area (Å²) in [5.41, 5.74) is 0.433. The predicted octanol–water partition coefficient (Wildman–Crippen LogP) is 3.98. The first-order chi connectivity index (χ1) is 10.5. The van der Waals surface area contributed by atoms with Crippen molar-refractivity contribution in [3.63, 3.8) is 0 Å². The van der Waals surface area contributed by atoms with Gasteiger partial charge in [-0.05, 0) is 24.3 Å².